The van der Waals surface area contributed by atoms with Crippen LogP contribution in [0.2, 0.25) is 5.02 Å². The molecule has 1 saturated heterocycles. The average molecular weight is 378 g/mol. The number of nitrogens with one attached hydrogen (secondary N) is 1. The van der Waals surface area contributed by atoms with E-state index in [-0.39, 0.29) is 22.7 Å². The SMILES string of the molecule is NC(=O)c1ccc(NC(=O)N2CCC[C@@H]2C[C@H](O)c2ccco2)cc1Cl. The molecule has 0 saturated carbocycles. The van der Waals surface area contributed by atoms with Crippen LogP contribution in [0.4, 0.5) is 10.5 Å². The van der Waals surface area contributed by atoms with E-state index in [1.165, 1.54) is 18.4 Å². The minimum atomic E-state index is -0.757. The number of hydrogen-bond donors (Lipinski definition) is 3. The number of likely N-dealkylation sites (tertiary alicyclic amines) is 1. The number of halogens is 1. The highest BCUT2D eigenvalue weighted by Gasteiger charge is 2.31. The third-order valence-corrected chi connectivity index (χ3v) is 4.80. The van der Waals surface area contributed by atoms with Crippen LogP contribution in [-0.4, -0.2) is 34.5 Å². The average Bonchev–Trinajstić information content (AvgIpc) is 3.26. The van der Waals surface area contributed by atoms with E-state index in [1.807, 2.05) is 0 Å². The number of aliphatic hydroxyl groups is 1. The summed E-state index contributed by atoms with van der Waals surface area (Å²) in [6.45, 7) is 0.606. The van der Waals surface area contributed by atoms with Crippen molar-refractivity contribution in [1.29, 1.82) is 0 Å². The maximum atomic E-state index is 12.6. The summed E-state index contributed by atoms with van der Waals surface area (Å²) < 4.78 is 5.22. The maximum absolute atomic E-state index is 12.6. The van der Waals surface area contributed by atoms with E-state index in [0.717, 1.165) is 12.8 Å². The van der Waals surface area contributed by atoms with Crippen LogP contribution in [0.1, 0.15) is 41.5 Å². The number of rotatable bonds is 5. The van der Waals surface area contributed by atoms with Crippen LogP contribution in [0.3, 0.4) is 0 Å². The van der Waals surface area contributed by atoms with E-state index in [9.17, 15) is 14.7 Å². The molecular weight excluding hydrogens is 358 g/mol. The Kier molecular flexibility index (Phi) is 5.49. The molecule has 0 spiro atoms. The zero-order valence-corrected chi connectivity index (χ0v) is 14.8. The van der Waals surface area contributed by atoms with Crippen LogP contribution in [-0.2, 0) is 0 Å². The van der Waals surface area contributed by atoms with E-state index < -0.39 is 12.0 Å². The van der Waals surface area contributed by atoms with E-state index in [2.05, 4.69) is 5.32 Å². The molecule has 1 aliphatic heterocycles. The van der Waals surface area contributed by atoms with Crippen LogP contribution < -0.4 is 11.1 Å². The van der Waals surface area contributed by atoms with E-state index in [0.29, 0.717) is 24.4 Å². The molecule has 0 radical (unpaired) electrons. The molecule has 2 heterocycles. The smallest absolute Gasteiger partial charge is 0.322 e. The monoisotopic (exact) mass is 377 g/mol. The van der Waals surface area contributed by atoms with Crippen molar-refractivity contribution in [2.45, 2.75) is 31.4 Å². The van der Waals surface area contributed by atoms with Gasteiger partial charge in [0.15, 0.2) is 0 Å². The van der Waals surface area contributed by atoms with Gasteiger partial charge < -0.3 is 25.5 Å². The second-order valence-electron chi connectivity index (χ2n) is 6.25. The summed E-state index contributed by atoms with van der Waals surface area (Å²) in [5, 5.41) is 13.2. The van der Waals surface area contributed by atoms with E-state index in [1.54, 1.807) is 23.1 Å². The first-order chi connectivity index (χ1) is 12.5. The molecule has 26 heavy (non-hydrogen) atoms. The lowest BCUT2D eigenvalue weighted by Gasteiger charge is -2.26. The first kappa shape index (κ1) is 18.3. The Hall–Kier alpha value is -2.51. The van der Waals surface area contributed by atoms with Crippen molar-refractivity contribution in [3.05, 3.63) is 52.9 Å². The third-order valence-electron chi connectivity index (χ3n) is 4.49. The van der Waals surface area contributed by atoms with Gasteiger partial charge in [0.2, 0.25) is 5.91 Å². The predicted octanol–water partition coefficient (Wildman–Crippen LogP) is 3.15. The van der Waals surface area contributed by atoms with Crippen molar-refractivity contribution >= 4 is 29.2 Å². The Morgan fingerprint density at radius 1 is 1.42 bits per heavy atom. The summed E-state index contributed by atoms with van der Waals surface area (Å²) >= 11 is 6.01. The number of carbonyl (C=O) groups excluding carboxylic acids is 2. The highest BCUT2D eigenvalue weighted by Crippen LogP contribution is 2.28. The van der Waals surface area contributed by atoms with Crippen LogP contribution in [0.25, 0.3) is 0 Å². The highest BCUT2D eigenvalue weighted by molar-refractivity contribution is 6.34. The second-order valence-corrected chi connectivity index (χ2v) is 6.65. The van der Waals surface area contributed by atoms with Gasteiger partial charge in [0.25, 0.3) is 0 Å². The second kappa shape index (κ2) is 7.80. The molecule has 3 amide bonds. The fraction of sp³-hybridized carbons (Fsp3) is 0.333. The Bertz CT molecular complexity index is 794. The summed E-state index contributed by atoms with van der Waals surface area (Å²) in [7, 11) is 0. The largest absolute Gasteiger partial charge is 0.467 e. The molecule has 138 valence electrons. The first-order valence-corrected chi connectivity index (χ1v) is 8.72. The predicted molar refractivity (Wildman–Crippen MR) is 97.0 cm³/mol. The number of hydrogen-bond acceptors (Lipinski definition) is 4. The number of benzene rings is 1. The molecule has 0 aliphatic carbocycles. The molecule has 3 rings (SSSR count). The number of carbonyl (C=O) groups is 2. The summed E-state index contributed by atoms with van der Waals surface area (Å²) in [5.41, 5.74) is 5.89. The van der Waals surface area contributed by atoms with E-state index in [4.69, 9.17) is 21.8 Å². The minimum absolute atomic E-state index is 0.0875. The Labute approximate surface area is 155 Å². The quantitative estimate of drug-likeness (QED) is 0.743. The van der Waals surface area contributed by atoms with Crippen LogP contribution in [0.5, 0.6) is 0 Å². The molecule has 4 N–H and O–H groups in total. The fourth-order valence-electron chi connectivity index (χ4n) is 3.19. The van der Waals surface area contributed by atoms with Gasteiger partial charge in [0.05, 0.1) is 16.8 Å². The summed E-state index contributed by atoms with van der Waals surface area (Å²) in [5.74, 6) is -0.134. The number of amides is 3. The molecule has 1 aromatic heterocycles. The van der Waals surface area contributed by atoms with Crippen molar-refractivity contribution in [2.24, 2.45) is 5.73 Å². The molecule has 2 atom stereocenters. The first-order valence-electron chi connectivity index (χ1n) is 8.34. The fourth-order valence-corrected chi connectivity index (χ4v) is 3.46. The normalized spacial score (nSPS) is 17.9. The van der Waals surface area contributed by atoms with Crippen molar-refractivity contribution < 1.29 is 19.1 Å². The Morgan fingerprint density at radius 3 is 2.88 bits per heavy atom. The zero-order chi connectivity index (χ0) is 18.7. The number of nitrogens with two attached hydrogens (primary N) is 1. The van der Waals surface area contributed by atoms with Gasteiger partial charge in [-0.1, -0.05) is 11.6 Å². The van der Waals surface area contributed by atoms with Crippen molar-refractivity contribution in [2.75, 3.05) is 11.9 Å². The van der Waals surface area contributed by atoms with Crippen LogP contribution >= 0.6 is 11.6 Å². The number of aliphatic hydroxyl groups excluding tert-OH is 1. The highest BCUT2D eigenvalue weighted by atomic mass is 35.5. The lowest BCUT2D eigenvalue weighted by molar-refractivity contribution is 0.1000. The van der Waals surface area contributed by atoms with E-state index >= 15 is 0 Å². The Balaban J connectivity index is 1.65. The number of furan rings is 1. The standard InChI is InChI=1S/C18H20ClN3O4/c19-14-9-11(5-6-13(14)17(20)24)21-18(25)22-7-1-3-12(22)10-15(23)16-4-2-8-26-16/h2,4-6,8-9,12,15,23H,1,3,7,10H2,(H2,20,24)(H,21,25)/t12-,15+/m1/s1. The molecule has 1 fully saturated rings. The third kappa shape index (κ3) is 4.00. The van der Waals surface area contributed by atoms with Gasteiger partial charge >= 0.3 is 6.03 Å². The molecule has 1 aliphatic rings. The van der Waals surface area contributed by atoms with Crippen molar-refractivity contribution in [3.63, 3.8) is 0 Å². The van der Waals surface area contributed by atoms with Gasteiger partial charge in [-0.25, -0.2) is 4.79 Å². The van der Waals surface area contributed by atoms with Gasteiger partial charge in [-0.15, -0.1) is 0 Å². The molecular formula is C18H20ClN3O4. The van der Waals surface area contributed by atoms with Gasteiger partial charge in [-0.3, -0.25) is 4.79 Å². The summed E-state index contributed by atoms with van der Waals surface area (Å²) in [4.78, 5) is 25.5. The maximum Gasteiger partial charge on any atom is 0.322 e. The van der Waals surface area contributed by atoms with Crippen molar-refractivity contribution in [1.82, 2.24) is 4.90 Å². The van der Waals surface area contributed by atoms with Gasteiger partial charge in [0, 0.05) is 24.7 Å². The number of urea groups is 1. The number of primary amides is 1. The number of nitrogens with zero attached hydrogens (tertiary/aromatic N) is 1. The lowest BCUT2D eigenvalue weighted by atomic mass is 10.1. The Morgan fingerprint density at radius 2 is 2.23 bits per heavy atom. The van der Waals surface area contributed by atoms with Crippen LogP contribution in [0.15, 0.2) is 41.0 Å². The lowest BCUT2D eigenvalue weighted by Crippen LogP contribution is -2.39. The summed E-state index contributed by atoms with van der Waals surface area (Å²) in [6.07, 6.45) is 2.84. The van der Waals surface area contributed by atoms with Gasteiger partial charge in [0.1, 0.15) is 11.9 Å². The molecule has 8 heteroatoms. The molecule has 7 nitrogen and oxygen atoms in total. The molecule has 1 aromatic carbocycles. The van der Waals surface area contributed by atoms with Crippen LogP contribution in [0, 0.1) is 0 Å². The summed E-state index contributed by atoms with van der Waals surface area (Å²) in [6, 6.07) is 7.61. The zero-order valence-electron chi connectivity index (χ0n) is 14.0. The van der Waals surface area contributed by atoms with Crippen molar-refractivity contribution in [3.8, 4) is 0 Å². The molecule has 0 bridgehead atoms. The molecule has 2 aromatic rings. The van der Waals surface area contributed by atoms with Gasteiger partial charge in [-0.2, -0.15) is 0 Å². The topological polar surface area (TPSA) is 109 Å². The minimum Gasteiger partial charge on any atom is -0.467 e. The van der Waals surface area contributed by atoms with Gasteiger partial charge in [-0.05, 0) is 43.2 Å². The number of anilines is 1. The molecule has 0 unspecified atom stereocenters.